The summed E-state index contributed by atoms with van der Waals surface area (Å²) in [5, 5.41) is 3.30. The van der Waals surface area contributed by atoms with Gasteiger partial charge in [0.2, 0.25) is 5.91 Å². The number of carbonyl (C=O) groups is 1. The Balaban J connectivity index is 1.47. The molecule has 0 bridgehead atoms. The summed E-state index contributed by atoms with van der Waals surface area (Å²) < 4.78 is 0. The minimum Gasteiger partial charge on any atom is -0.369 e. The van der Waals surface area contributed by atoms with Gasteiger partial charge in [0, 0.05) is 37.9 Å². The first kappa shape index (κ1) is 17.3. The Labute approximate surface area is 146 Å². The lowest BCUT2D eigenvalue weighted by atomic mass is 10.1. The van der Waals surface area contributed by atoms with Gasteiger partial charge in [-0.25, -0.2) is 0 Å². The molecule has 1 saturated carbocycles. The van der Waals surface area contributed by atoms with Gasteiger partial charge in [0.15, 0.2) is 0 Å². The molecule has 0 spiro atoms. The first-order chi connectivity index (χ1) is 11.7. The molecule has 1 amide bonds. The highest BCUT2D eigenvalue weighted by Crippen LogP contribution is 2.19. The van der Waals surface area contributed by atoms with Crippen molar-refractivity contribution in [2.24, 2.45) is 0 Å². The molecule has 1 heterocycles. The van der Waals surface area contributed by atoms with Crippen LogP contribution in [0.2, 0.25) is 0 Å². The molecule has 0 radical (unpaired) electrons. The maximum Gasteiger partial charge on any atom is 0.237 e. The number of piperazine rings is 1. The van der Waals surface area contributed by atoms with Gasteiger partial charge in [-0.15, -0.1) is 0 Å². The van der Waals surface area contributed by atoms with Gasteiger partial charge in [-0.2, -0.15) is 0 Å². The zero-order valence-electron chi connectivity index (χ0n) is 14.9. The van der Waals surface area contributed by atoms with E-state index in [2.05, 4.69) is 52.4 Å². The Morgan fingerprint density at radius 2 is 1.62 bits per heavy atom. The van der Waals surface area contributed by atoms with Gasteiger partial charge in [-0.3, -0.25) is 9.69 Å². The molecule has 1 aromatic carbocycles. The minimum atomic E-state index is -0.0221. The Hall–Kier alpha value is -1.55. The summed E-state index contributed by atoms with van der Waals surface area (Å²) in [5.74, 6) is 0.218. The van der Waals surface area contributed by atoms with E-state index in [1.54, 1.807) is 0 Å². The van der Waals surface area contributed by atoms with E-state index >= 15 is 0 Å². The van der Waals surface area contributed by atoms with E-state index in [4.69, 9.17) is 0 Å². The molecule has 24 heavy (non-hydrogen) atoms. The molecule has 4 nitrogen and oxygen atoms in total. The molecule has 0 aromatic heterocycles. The maximum atomic E-state index is 12.6. The van der Waals surface area contributed by atoms with Gasteiger partial charge in [-0.05, 0) is 31.9 Å². The van der Waals surface area contributed by atoms with E-state index in [1.807, 2.05) is 0 Å². The largest absolute Gasteiger partial charge is 0.369 e. The quantitative estimate of drug-likeness (QED) is 0.863. The van der Waals surface area contributed by atoms with Crippen molar-refractivity contribution in [1.82, 2.24) is 10.2 Å². The van der Waals surface area contributed by atoms with Crippen molar-refractivity contribution >= 4 is 11.6 Å². The normalized spacial score (nSPS) is 22.0. The zero-order valence-corrected chi connectivity index (χ0v) is 14.9. The van der Waals surface area contributed by atoms with Crippen LogP contribution in [0, 0.1) is 0 Å². The number of nitrogens with one attached hydrogen (secondary N) is 1. The molecule has 1 saturated heterocycles. The molecule has 1 N–H and O–H groups in total. The average molecular weight is 329 g/mol. The molecule has 4 heteroatoms. The van der Waals surface area contributed by atoms with E-state index in [0.717, 1.165) is 39.0 Å². The van der Waals surface area contributed by atoms with E-state index in [-0.39, 0.29) is 11.9 Å². The summed E-state index contributed by atoms with van der Waals surface area (Å²) in [6, 6.07) is 10.9. The van der Waals surface area contributed by atoms with Gasteiger partial charge < -0.3 is 10.2 Å². The van der Waals surface area contributed by atoms with Crippen LogP contribution in [-0.4, -0.2) is 49.1 Å². The highest BCUT2D eigenvalue weighted by Gasteiger charge is 2.27. The Kier molecular flexibility index (Phi) is 6.13. The van der Waals surface area contributed by atoms with Crippen molar-refractivity contribution in [2.45, 2.75) is 57.5 Å². The van der Waals surface area contributed by atoms with Crippen molar-refractivity contribution in [3.63, 3.8) is 0 Å². The molecule has 132 valence electrons. The second-order valence-electron chi connectivity index (χ2n) is 7.23. The van der Waals surface area contributed by atoms with Crippen molar-refractivity contribution in [1.29, 1.82) is 0 Å². The van der Waals surface area contributed by atoms with Crippen molar-refractivity contribution in [2.75, 3.05) is 31.1 Å². The Morgan fingerprint density at radius 1 is 1.00 bits per heavy atom. The van der Waals surface area contributed by atoms with E-state index in [9.17, 15) is 4.79 Å². The van der Waals surface area contributed by atoms with Crippen LogP contribution in [0.25, 0.3) is 0 Å². The summed E-state index contributed by atoms with van der Waals surface area (Å²) in [7, 11) is 0. The average Bonchev–Trinajstić information content (AvgIpc) is 2.90. The first-order valence-electron chi connectivity index (χ1n) is 9.58. The summed E-state index contributed by atoms with van der Waals surface area (Å²) in [5.41, 5.74) is 1.28. The third kappa shape index (κ3) is 4.50. The Morgan fingerprint density at radius 3 is 2.25 bits per heavy atom. The fourth-order valence-corrected chi connectivity index (χ4v) is 3.92. The number of para-hydroxylation sites is 1. The SMILES string of the molecule is C[C@H](C(=O)NC1CCCCCC1)N1CCN(c2ccccc2)CC1. The van der Waals surface area contributed by atoms with Crippen LogP contribution in [0.1, 0.15) is 45.4 Å². The van der Waals surface area contributed by atoms with Crippen molar-refractivity contribution in [3.05, 3.63) is 30.3 Å². The number of amides is 1. The fraction of sp³-hybridized carbons (Fsp3) is 0.650. The summed E-state index contributed by atoms with van der Waals surface area (Å²) >= 11 is 0. The lowest BCUT2D eigenvalue weighted by Gasteiger charge is -2.38. The van der Waals surface area contributed by atoms with E-state index < -0.39 is 0 Å². The highest BCUT2D eigenvalue weighted by atomic mass is 16.2. The van der Waals surface area contributed by atoms with Crippen LogP contribution >= 0.6 is 0 Å². The van der Waals surface area contributed by atoms with E-state index in [0.29, 0.717) is 6.04 Å². The number of rotatable bonds is 4. The predicted molar refractivity (Wildman–Crippen MR) is 99.3 cm³/mol. The summed E-state index contributed by atoms with van der Waals surface area (Å²) in [4.78, 5) is 17.3. The van der Waals surface area contributed by atoms with Crippen molar-refractivity contribution < 1.29 is 4.79 Å². The number of nitrogens with zero attached hydrogens (tertiary/aromatic N) is 2. The summed E-state index contributed by atoms with van der Waals surface area (Å²) in [6.45, 7) is 5.95. The lowest BCUT2D eigenvalue weighted by molar-refractivity contribution is -0.126. The topological polar surface area (TPSA) is 35.6 Å². The Bertz CT molecular complexity index is 503. The molecule has 1 aromatic rings. The monoisotopic (exact) mass is 329 g/mol. The van der Waals surface area contributed by atoms with Crippen LogP contribution in [0.15, 0.2) is 30.3 Å². The maximum absolute atomic E-state index is 12.6. The zero-order chi connectivity index (χ0) is 16.8. The molecule has 3 rings (SSSR count). The smallest absolute Gasteiger partial charge is 0.237 e. The number of carbonyl (C=O) groups excluding carboxylic acids is 1. The molecule has 0 unspecified atom stereocenters. The standard InChI is InChI=1S/C20H31N3O/c1-17(20(24)21-18-9-5-2-3-6-10-18)22-13-15-23(16-14-22)19-11-7-4-8-12-19/h4,7-8,11-12,17-18H,2-3,5-6,9-10,13-16H2,1H3,(H,21,24)/t17-/m1/s1. The van der Waals surface area contributed by atoms with Crippen LogP contribution in [-0.2, 0) is 4.79 Å². The van der Waals surface area contributed by atoms with E-state index in [1.165, 1.54) is 31.4 Å². The second kappa shape index (κ2) is 8.52. The van der Waals surface area contributed by atoms with Gasteiger partial charge in [0.05, 0.1) is 6.04 Å². The second-order valence-corrected chi connectivity index (χ2v) is 7.23. The van der Waals surface area contributed by atoms with Crippen LogP contribution in [0.4, 0.5) is 5.69 Å². The number of hydrogen-bond donors (Lipinski definition) is 1. The molecular formula is C20H31N3O. The lowest BCUT2D eigenvalue weighted by Crippen LogP contribution is -2.55. The predicted octanol–water partition coefficient (Wildman–Crippen LogP) is 3.04. The molecule has 1 aliphatic carbocycles. The van der Waals surface area contributed by atoms with Gasteiger partial charge in [0.25, 0.3) is 0 Å². The third-order valence-electron chi connectivity index (χ3n) is 5.56. The van der Waals surface area contributed by atoms with Crippen molar-refractivity contribution in [3.8, 4) is 0 Å². The molecule has 1 atom stereocenters. The highest BCUT2D eigenvalue weighted by molar-refractivity contribution is 5.81. The molecule has 2 aliphatic rings. The summed E-state index contributed by atoms with van der Waals surface area (Å²) in [6.07, 6.45) is 7.47. The first-order valence-corrected chi connectivity index (χ1v) is 9.58. The van der Waals surface area contributed by atoms with Gasteiger partial charge in [-0.1, -0.05) is 43.9 Å². The van der Waals surface area contributed by atoms with Crippen LogP contribution in [0.3, 0.4) is 0 Å². The number of anilines is 1. The van der Waals surface area contributed by atoms with Crippen LogP contribution < -0.4 is 10.2 Å². The fourth-order valence-electron chi connectivity index (χ4n) is 3.92. The van der Waals surface area contributed by atoms with Crippen LogP contribution in [0.5, 0.6) is 0 Å². The molecule has 2 fully saturated rings. The van der Waals surface area contributed by atoms with Gasteiger partial charge in [0.1, 0.15) is 0 Å². The number of hydrogen-bond acceptors (Lipinski definition) is 3. The number of benzene rings is 1. The van der Waals surface area contributed by atoms with Gasteiger partial charge >= 0.3 is 0 Å². The minimum absolute atomic E-state index is 0.0221. The molecule has 1 aliphatic heterocycles. The third-order valence-corrected chi connectivity index (χ3v) is 5.56. The molecular weight excluding hydrogens is 298 g/mol.